The van der Waals surface area contributed by atoms with Gasteiger partial charge in [0.25, 0.3) is 0 Å². The Morgan fingerprint density at radius 1 is 1.20 bits per heavy atom. The minimum Gasteiger partial charge on any atom is -0.493 e. The van der Waals surface area contributed by atoms with Gasteiger partial charge >= 0.3 is 0 Å². The van der Waals surface area contributed by atoms with Crippen LogP contribution in [0, 0.1) is 0 Å². The molecule has 2 rings (SSSR count). The van der Waals surface area contributed by atoms with Gasteiger partial charge in [0.1, 0.15) is 0 Å². The smallest absolute Gasteiger partial charge is 0.161 e. The van der Waals surface area contributed by atoms with Gasteiger partial charge < -0.3 is 20.1 Å². The van der Waals surface area contributed by atoms with E-state index in [1.807, 2.05) is 18.2 Å². The highest BCUT2D eigenvalue weighted by Crippen LogP contribution is 2.28. The molecule has 4 nitrogen and oxygen atoms in total. The normalized spacial score (nSPS) is 15.5. The molecule has 0 saturated carbocycles. The lowest BCUT2D eigenvalue weighted by atomic mass is 10.1. The molecule has 4 heteroatoms. The van der Waals surface area contributed by atoms with E-state index in [9.17, 15) is 0 Å². The Bertz CT molecular complexity index is 403. The van der Waals surface area contributed by atoms with Crippen molar-refractivity contribution in [3.8, 4) is 11.5 Å². The zero-order valence-electron chi connectivity index (χ0n) is 12.4. The highest BCUT2D eigenvalue weighted by atomic mass is 16.5. The summed E-state index contributed by atoms with van der Waals surface area (Å²) in [5.74, 6) is 1.63. The van der Waals surface area contributed by atoms with Crippen LogP contribution in [0.1, 0.15) is 24.8 Å². The van der Waals surface area contributed by atoms with Crippen LogP contribution in [-0.4, -0.2) is 44.8 Å². The highest BCUT2D eigenvalue weighted by molar-refractivity contribution is 5.43. The molecule has 1 heterocycles. The van der Waals surface area contributed by atoms with E-state index < -0.39 is 0 Å². The topological polar surface area (TPSA) is 47.7 Å². The Morgan fingerprint density at radius 2 is 2.00 bits per heavy atom. The molecule has 1 aromatic rings. The highest BCUT2D eigenvalue weighted by Gasteiger charge is 2.11. The van der Waals surface area contributed by atoms with Crippen LogP contribution in [0.25, 0.3) is 0 Å². The SMILES string of the molecule is COc1ccc(CCN)cc1OCCCN1CCCC1. The Balaban J connectivity index is 1.81. The number of methoxy groups -OCH3 is 1. The fraction of sp³-hybridized carbons (Fsp3) is 0.625. The lowest BCUT2D eigenvalue weighted by Gasteiger charge is -2.16. The average Bonchev–Trinajstić information content (AvgIpc) is 2.97. The van der Waals surface area contributed by atoms with Gasteiger partial charge in [-0.05, 0) is 63.0 Å². The maximum absolute atomic E-state index is 5.88. The molecule has 1 aliphatic rings. The molecule has 1 aliphatic heterocycles. The first-order valence-electron chi connectivity index (χ1n) is 7.55. The van der Waals surface area contributed by atoms with Gasteiger partial charge in [-0.3, -0.25) is 0 Å². The fourth-order valence-corrected chi connectivity index (χ4v) is 2.63. The van der Waals surface area contributed by atoms with E-state index in [1.165, 1.54) is 31.5 Å². The van der Waals surface area contributed by atoms with Crippen LogP contribution in [-0.2, 0) is 6.42 Å². The summed E-state index contributed by atoms with van der Waals surface area (Å²) in [5.41, 5.74) is 6.79. The monoisotopic (exact) mass is 278 g/mol. The van der Waals surface area contributed by atoms with Crippen molar-refractivity contribution in [2.24, 2.45) is 5.73 Å². The van der Waals surface area contributed by atoms with Crippen LogP contribution < -0.4 is 15.2 Å². The molecule has 112 valence electrons. The Hall–Kier alpha value is -1.26. The van der Waals surface area contributed by atoms with Crippen LogP contribution in [0.3, 0.4) is 0 Å². The third kappa shape index (κ3) is 4.39. The maximum atomic E-state index is 5.88. The molecule has 0 spiro atoms. The summed E-state index contributed by atoms with van der Waals surface area (Å²) < 4.78 is 11.2. The fourth-order valence-electron chi connectivity index (χ4n) is 2.63. The molecular formula is C16H26N2O2. The van der Waals surface area contributed by atoms with Crippen molar-refractivity contribution in [1.29, 1.82) is 0 Å². The van der Waals surface area contributed by atoms with E-state index in [1.54, 1.807) is 7.11 Å². The summed E-state index contributed by atoms with van der Waals surface area (Å²) >= 11 is 0. The summed E-state index contributed by atoms with van der Waals surface area (Å²) in [5, 5.41) is 0. The average molecular weight is 278 g/mol. The molecule has 0 amide bonds. The van der Waals surface area contributed by atoms with Gasteiger partial charge in [0.2, 0.25) is 0 Å². The van der Waals surface area contributed by atoms with Crippen LogP contribution >= 0.6 is 0 Å². The van der Waals surface area contributed by atoms with Gasteiger partial charge in [-0.2, -0.15) is 0 Å². The molecule has 0 aromatic heterocycles. The Kier molecular flexibility index (Phi) is 6.15. The van der Waals surface area contributed by atoms with Crippen LogP contribution in [0.5, 0.6) is 11.5 Å². The molecule has 0 atom stereocenters. The molecule has 0 unspecified atom stereocenters. The van der Waals surface area contributed by atoms with E-state index >= 15 is 0 Å². The van der Waals surface area contributed by atoms with Gasteiger partial charge in [-0.25, -0.2) is 0 Å². The predicted octanol–water partition coefficient (Wildman–Crippen LogP) is 2.06. The number of hydrogen-bond donors (Lipinski definition) is 1. The molecule has 0 radical (unpaired) electrons. The lowest BCUT2D eigenvalue weighted by Crippen LogP contribution is -2.21. The molecular weight excluding hydrogens is 252 g/mol. The molecule has 1 aromatic carbocycles. The molecule has 0 aliphatic carbocycles. The zero-order valence-corrected chi connectivity index (χ0v) is 12.4. The minimum atomic E-state index is 0.654. The second-order valence-electron chi connectivity index (χ2n) is 5.27. The van der Waals surface area contributed by atoms with Gasteiger partial charge in [0.05, 0.1) is 13.7 Å². The summed E-state index contributed by atoms with van der Waals surface area (Å²) in [4.78, 5) is 2.51. The summed E-state index contributed by atoms with van der Waals surface area (Å²) in [6.07, 6.45) is 4.62. The first-order chi connectivity index (χ1) is 9.83. The minimum absolute atomic E-state index is 0.654. The van der Waals surface area contributed by atoms with Crippen LogP contribution in [0.15, 0.2) is 18.2 Å². The van der Waals surface area contributed by atoms with E-state index in [4.69, 9.17) is 15.2 Å². The predicted molar refractivity (Wildman–Crippen MR) is 81.5 cm³/mol. The van der Waals surface area contributed by atoms with Crippen molar-refractivity contribution in [3.63, 3.8) is 0 Å². The van der Waals surface area contributed by atoms with Gasteiger partial charge in [-0.1, -0.05) is 6.07 Å². The Morgan fingerprint density at radius 3 is 2.70 bits per heavy atom. The Labute approximate surface area is 121 Å². The van der Waals surface area contributed by atoms with Crippen LogP contribution in [0.2, 0.25) is 0 Å². The standard InChI is InChI=1S/C16H26N2O2/c1-19-15-6-5-14(7-8-17)13-16(15)20-12-4-11-18-9-2-3-10-18/h5-6,13H,2-4,7-12,17H2,1H3. The maximum Gasteiger partial charge on any atom is 0.161 e. The second kappa shape index (κ2) is 8.12. The molecule has 2 N–H and O–H groups in total. The van der Waals surface area contributed by atoms with E-state index in [0.717, 1.165) is 37.5 Å². The zero-order chi connectivity index (χ0) is 14.2. The number of likely N-dealkylation sites (tertiary alicyclic amines) is 1. The van der Waals surface area contributed by atoms with Gasteiger partial charge in [0.15, 0.2) is 11.5 Å². The molecule has 1 saturated heterocycles. The van der Waals surface area contributed by atoms with E-state index in [2.05, 4.69) is 4.90 Å². The van der Waals surface area contributed by atoms with Crippen molar-refractivity contribution < 1.29 is 9.47 Å². The summed E-state index contributed by atoms with van der Waals surface area (Å²) in [6.45, 7) is 5.01. The number of hydrogen-bond acceptors (Lipinski definition) is 4. The lowest BCUT2D eigenvalue weighted by molar-refractivity contribution is 0.254. The largest absolute Gasteiger partial charge is 0.493 e. The van der Waals surface area contributed by atoms with Crippen molar-refractivity contribution in [2.45, 2.75) is 25.7 Å². The van der Waals surface area contributed by atoms with Crippen LogP contribution in [0.4, 0.5) is 0 Å². The quantitative estimate of drug-likeness (QED) is 0.740. The third-order valence-electron chi connectivity index (χ3n) is 3.74. The number of nitrogens with two attached hydrogens (primary N) is 1. The van der Waals surface area contributed by atoms with Crippen molar-refractivity contribution in [2.75, 3.05) is 39.9 Å². The number of ether oxygens (including phenoxy) is 2. The molecule has 1 fully saturated rings. The number of benzene rings is 1. The summed E-state index contributed by atoms with van der Waals surface area (Å²) in [6, 6.07) is 6.05. The summed E-state index contributed by atoms with van der Waals surface area (Å²) in [7, 11) is 1.68. The first-order valence-corrected chi connectivity index (χ1v) is 7.55. The number of nitrogens with zero attached hydrogens (tertiary/aromatic N) is 1. The molecule has 0 bridgehead atoms. The van der Waals surface area contributed by atoms with Crippen molar-refractivity contribution >= 4 is 0 Å². The first kappa shape index (κ1) is 15.1. The third-order valence-corrected chi connectivity index (χ3v) is 3.74. The van der Waals surface area contributed by atoms with E-state index in [-0.39, 0.29) is 0 Å². The van der Waals surface area contributed by atoms with Crippen molar-refractivity contribution in [1.82, 2.24) is 4.90 Å². The van der Waals surface area contributed by atoms with Gasteiger partial charge in [-0.15, -0.1) is 0 Å². The second-order valence-corrected chi connectivity index (χ2v) is 5.27. The van der Waals surface area contributed by atoms with Gasteiger partial charge in [0, 0.05) is 6.54 Å². The molecule has 20 heavy (non-hydrogen) atoms. The number of rotatable bonds is 8. The van der Waals surface area contributed by atoms with Crippen molar-refractivity contribution in [3.05, 3.63) is 23.8 Å². The van der Waals surface area contributed by atoms with E-state index in [0.29, 0.717) is 6.54 Å².